The zero-order valence-electron chi connectivity index (χ0n) is 21.8. The molecular formula is C27H35N3O7. The molecule has 10 nitrogen and oxygen atoms in total. The number of Topliss-reactive ketones (excluding diaryl/α,β-unsaturated/α-hetero) is 2. The van der Waals surface area contributed by atoms with E-state index in [1.165, 1.54) is 4.90 Å². The molecule has 0 heterocycles. The van der Waals surface area contributed by atoms with Crippen LogP contribution in [-0.4, -0.2) is 75.1 Å². The van der Waals surface area contributed by atoms with Crippen molar-refractivity contribution in [3.05, 3.63) is 51.5 Å². The van der Waals surface area contributed by atoms with Gasteiger partial charge in [-0.25, -0.2) is 0 Å². The van der Waals surface area contributed by atoms with E-state index < -0.39 is 58.0 Å². The van der Waals surface area contributed by atoms with Crippen molar-refractivity contribution in [3.63, 3.8) is 0 Å². The van der Waals surface area contributed by atoms with Gasteiger partial charge in [-0.2, -0.15) is 0 Å². The predicted molar refractivity (Wildman–Crippen MR) is 135 cm³/mol. The normalized spacial score (nSPS) is 27.8. The van der Waals surface area contributed by atoms with Crippen LogP contribution in [0.25, 0.3) is 0 Å². The quantitative estimate of drug-likeness (QED) is 0.317. The molecule has 3 aliphatic carbocycles. The number of rotatable bonds is 5. The van der Waals surface area contributed by atoms with Crippen molar-refractivity contribution < 1.29 is 34.8 Å². The summed E-state index contributed by atoms with van der Waals surface area (Å²) in [5, 5.41) is 48.0. The molecule has 0 fully saturated rings. The van der Waals surface area contributed by atoms with E-state index in [0.717, 1.165) is 0 Å². The number of primary amides is 1. The molecule has 1 amide bonds. The highest BCUT2D eigenvalue weighted by atomic mass is 16.3. The smallest absolute Gasteiger partial charge is 0.255 e. The Morgan fingerprint density at radius 2 is 1.84 bits per heavy atom. The minimum Gasteiger partial charge on any atom is -0.510 e. The SMILES string of the molecule is CN(C)[C@H]1C(O)=C(C(N)=O)C(=O)[C@@]2(O)C(O)=C3C(=O)c4c(ccc(CNCC(C)(C)C)c4O)C[C@H]3C[C@@H]12. The lowest BCUT2D eigenvalue weighted by molar-refractivity contribution is -0.148. The van der Waals surface area contributed by atoms with Gasteiger partial charge in [-0.3, -0.25) is 19.3 Å². The van der Waals surface area contributed by atoms with Gasteiger partial charge in [-0.05, 0) is 43.8 Å². The fourth-order valence-corrected chi connectivity index (χ4v) is 5.98. The molecule has 1 aromatic carbocycles. The molecule has 0 unspecified atom stereocenters. The molecule has 3 aliphatic rings. The van der Waals surface area contributed by atoms with Gasteiger partial charge in [0.2, 0.25) is 5.78 Å². The van der Waals surface area contributed by atoms with E-state index >= 15 is 0 Å². The van der Waals surface area contributed by atoms with Crippen LogP contribution in [0.3, 0.4) is 0 Å². The first-order valence-electron chi connectivity index (χ1n) is 12.3. The van der Waals surface area contributed by atoms with Crippen LogP contribution in [0.2, 0.25) is 0 Å². The van der Waals surface area contributed by atoms with Crippen LogP contribution in [0, 0.1) is 17.3 Å². The minimum absolute atomic E-state index is 0.0150. The van der Waals surface area contributed by atoms with E-state index in [1.54, 1.807) is 26.2 Å². The highest BCUT2D eigenvalue weighted by molar-refractivity contribution is 6.24. The maximum Gasteiger partial charge on any atom is 0.255 e. The molecule has 0 bridgehead atoms. The zero-order valence-corrected chi connectivity index (χ0v) is 21.8. The molecule has 0 spiro atoms. The Labute approximate surface area is 215 Å². The van der Waals surface area contributed by atoms with E-state index in [2.05, 4.69) is 26.1 Å². The fourth-order valence-electron chi connectivity index (χ4n) is 5.98. The van der Waals surface area contributed by atoms with Crippen molar-refractivity contribution in [2.24, 2.45) is 23.0 Å². The number of allylic oxidation sites excluding steroid dienone is 1. The van der Waals surface area contributed by atoms with Crippen molar-refractivity contribution in [1.82, 2.24) is 10.2 Å². The second kappa shape index (κ2) is 8.97. The average molecular weight is 514 g/mol. The minimum atomic E-state index is -2.63. The lowest BCUT2D eigenvalue weighted by Crippen LogP contribution is -2.63. The monoisotopic (exact) mass is 513 g/mol. The van der Waals surface area contributed by atoms with Crippen LogP contribution >= 0.6 is 0 Å². The van der Waals surface area contributed by atoms with Gasteiger partial charge < -0.3 is 31.5 Å². The molecule has 7 N–H and O–H groups in total. The Morgan fingerprint density at radius 3 is 2.41 bits per heavy atom. The number of benzene rings is 1. The Morgan fingerprint density at radius 1 is 1.19 bits per heavy atom. The highest BCUT2D eigenvalue weighted by Crippen LogP contribution is 2.52. The third-order valence-corrected chi connectivity index (χ3v) is 7.65. The topological polar surface area (TPSA) is 173 Å². The summed E-state index contributed by atoms with van der Waals surface area (Å²) in [5.41, 5.74) is 2.88. The molecule has 10 heteroatoms. The number of ketones is 2. The summed E-state index contributed by atoms with van der Waals surface area (Å²) in [4.78, 5) is 40.6. The molecule has 200 valence electrons. The number of carbonyl (C=O) groups excluding carboxylic acids is 3. The van der Waals surface area contributed by atoms with Crippen molar-refractivity contribution >= 4 is 17.5 Å². The number of amides is 1. The molecule has 4 atom stereocenters. The summed E-state index contributed by atoms with van der Waals surface area (Å²) in [5.74, 6) is -6.43. The summed E-state index contributed by atoms with van der Waals surface area (Å²) in [6, 6.07) is 2.52. The van der Waals surface area contributed by atoms with Gasteiger partial charge >= 0.3 is 0 Å². The first-order valence-corrected chi connectivity index (χ1v) is 12.3. The first-order chi connectivity index (χ1) is 17.1. The van der Waals surface area contributed by atoms with E-state index in [9.17, 15) is 34.8 Å². The molecule has 4 rings (SSSR count). The van der Waals surface area contributed by atoms with Gasteiger partial charge in [0.25, 0.3) is 5.91 Å². The molecule has 37 heavy (non-hydrogen) atoms. The van der Waals surface area contributed by atoms with Gasteiger partial charge in [0.1, 0.15) is 22.8 Å². The molecular weight excluding hydrogens is 478 g/mol. The number of nitrogens with one attached hydrogen (secondary N) is 1. The van der Waals surface area contributed by atoms with Crippen molar-refractivity contribution in [2.75, 3.05) is 20.6 Å². The molecule has 0 radical (unpaired) electrons. The van der Waals surface area contributed by atoms with Crippen molar-refractivity contribution in [2.45, 2.75) is 51.8 Å². The Hall–Kier alpha value is -3.21. The van der Waals surface area contributed by atoms with E-state index in [-0.39, 0.29) is 35.1 Å². The second-order valence-electron chi connectivity index (χ2n) is 11.7. The summed E-state index contributed by atoms with van der Waals surface area (Å²) in [7, 11) is 3.20. The molecule has 0 saturated heterocycles. The van der Waals surface area contributed by atoms with Crippen LogP contribution in [0.5, 0.6) is 5.75 Å². The number of aromatic hydroxyl groups is 1. The standard InChI is InChI=1S/C27H35N3O7/c1-26(2,3)11-29-10-13-7-6-12-8-14-9-15-19(30(4)5)22(33)18(25(28)36)24(35)27(15,37)23(34)17(14)21(32)16(12)20(13)31/h6-7,14-15,19,29,31,33-34,37H,8-11H2,1-5H3,(H2,28,36)/t14-,15-,19+,27-/m0/s1. The first kappa shape index (κ1) is 26.8. The number of fused-ring (bicyclic) bond motifs is 3. The Bertz CT molecular complexity index is 1260. The zero-order chi connectivity index (χ0) is 27.6. The number of aliphatic hydroxyl groups is 3. The maximum atomic E-state index is 13.7. The highest BCUT2D eigenvalue weighted by Gasteiger charge is 2.63. The number of phenols is 1. The van der Waals surface area contributed by atoms with E-state index in [1.807, 2.05) is 0 Å². The van der Waals surface area contributed by atoms with Gasteiger partial charge in [0.05, 0.1) is 11.6 Å². The summed E-state index contributed by atoms with van der Waals surface area (Å²) < 4.78 is 0. The van der Waals surface area contributed by atoms with Crippen LogP contribution in [0.15, 0.2) is 34.8 Å². The molecule has 1 aromatic rings. The van der Waals surface area contributed by atoms with Crippen LogP contribution in [0.4, 0.5) is 0 Å². The predicted octanol–water partition coefficient (Wildman–Crippen LogP) is 1.26. The summed E-state index contributed by atoms with van der Waals surface area (Å²) in [6.07, 6.45) is 0.346. The van der Waals surface area contributed by atoms with Crippen LogP contribution in [-0.2, 0) is 22.6 Å². The lowest BCUT2D eigenvalue weighted by atomic mass is 9.58. The molecule has 0 aliphatic heterocycles. The van der Waals surface area contributed by atoms with E-state index in [0.29, 0.717) is 24.2 Å². The summed E-state index contributed by atoms with van der Waals surface area (Å²) in [6.45, 7) is 7.20. The number of likely N-dealkylation sites (N-methyl/N-ethyl adjacent to an activating group) is 1. The average Bonchev–Trinajstić information content (AvgIpc) is 2.76. The number of hydrogen-bond donors (Lipinski definition) is 6. The van der Waals surface area contributed by atoms with Crippen LogP contribution in [0.1, 0.15) is 48.7 Å². The Balaban J connectivity index is 1.81. The lowest BCUT2D eigenvalue weighted by Gasteiger charge is -2.50. The fraction of sp³-hybridized carbons (Fsp3) is 0.519. The maximum absolute atomic E-state index is 13.7. The Kier molecular flexibility index (Phi) is 6.51. The van der Waals surface area contributed by atoms with Crippen LogP contribution < -0.4 is 11.1 Å². The van der Waals surface area contributed by atoms with Gasteiger partial charge in [0, 0.05) is 30.1 Å². The van der Waals surface area contributed by atoms with Gasteiger partial charge in [-0.1, -0.05) is 32.9 Å². The van der Waals surface area contributed by atoms with Crippen molar-refractivity contribution in [3.8, 4) is 5.75 Å². The van der Waals surface area contributed by atoms with E-state index in [4.69, 9.17) is 5.73 Å². The number of nitrogens with two attached hydrogens (primary N) is 1. The molecule has 0 saturated carbocycles. The number of carbonyl (C=O) groups is 3. The third-order valence-electron chi connectivity index (χ3n) is 7.65. The number of phenolic OH excluding ortho intramolecular Hbond substituents is 1. The number of nitrogens with zero attached hydrogens (tertiary/aromatic N) is 1. The van der Waals surface area contributed by atoms with Crippen molar-refractivity contribution in [1.29, 1.82) is 0 Å². The third kappa shape index (κ3) is 4.13. The largest absolute Gasteiger partial charge is 0.510 e. The second-order valence-corrected chi connectivity index (χ2v) is 11.7. The van der Waals surface area contributed by atoms with Gasteiger partial charge in [-0.15, -0.1) is 0 Å². The molecule has 0 aromatic heterocycles. The summed E-state index contributed by atoms with van der Waals surface area (Å²) >= 11 is 0. The number of aliphatic hydroxyl groups excluding tert-OH is 2. The van der Waals surface area contributed by atoms with Gasteiger partial charge in [0.15, 0.2) is 11.4 Å². The number of hydrogen-bond acceptors (Lipinski definition) is 9.